The van der Waals surface area contributed by atoms with Gasteiger partial charge in [-0.15, -0.1) is 0 Å². The van der Waals surface area contributed by atoms with Crippen molar-refractivity contribution in [1.29, 1.82) is 0 Å². The van der Waals surface area contributed by atoms with E-state index in [1.165, 1.54) is 12.8 Å². The normalized spacial score (nSPS) is 20.1. The van der Waals surface area contributed by atoms with Crippen molar-refractivity contribution in [2.75, 3.05) is 26.1 Å². The van der Waals surface area contributed by atoms with Crippen molar-refractivity contribution >= 4 is 15.9 Å². The molecule has 5 heteroatoms. The second kappa shape index (κ2) is 6.38. The van der Waals surface area contributed by atoms with E-state index >= 15 is 0 Å². The van der Waals surface area contributed by atoms with Crippen LogP contribution in [0.15, 0.2) is 12.3 Å². The maximum Gasteiger partial charge on any atom is 0.183 e. The van der Waals surface area contributed by atoms with Crippen LogP contribution in [0.25, 0.3) is 0 Å². The van der Waals surface area contributed by atoms with E-state index in [2.05, 4.69) is 25.8 Å². The molecule has 0 N–H and O–H groups in total. The molecule has 1 aliphatic rings. The third kappa shape index (κ3) is 2.78. The zero-order valence-electron chi connectivity index (χ0n) is 10.9. The van der Waals surface area contributed by atoms with Crippen LogP contribution < -0.4 is 9.47 Å². The van der Waals surface area contributed by atoms with Gasteiger partial charge < -0.3 is 9.47 Å². The average molecular weight is 315 g/mol. The van der Waals surface area contributed by atoms with Gasteiger partial charge in [-0.2, -0.15) is 0 Å². The van der Waals surface area contributed by atoms with Crippen LogP contribution in [0.5, 0.6) is 11.5 Å². The fourth-order valence-corrected chi connectivity index (χ4v) is 3.17. The van der Waals surface area contributed by atoms with Crippen LogP contribution in [0.3, 0.4) is 0 Å². The lowest BCUT2D eigenvalue weighted by Crippen LogP contribution is -2.30. The summed E-state index contributed by atoms with van der Waals surface area (Å²) in [5, 5.41) is 1.01. The summed E-state index contributed by atoms with van der Waals surface area (Å²) >= 11 is 3.58. The molecule has 100 valence electrons. The van der Waals surface area contributed by atoms with Gasteiger partial charge >= 0.3 is 0 Å². The lowest BCUT2D eigenvalue weighted by Gasteiger charge is -2.23. The summed E-state index contributed by atoms with van der Waals surface area (Å²) in [4.78, 5) is 6.87. The monoisotopic (exact) mass is 314 g/mol. The minimum atomic E-state index is 0.600. The van der Waals surface area contributed by atoms with Gasteiger partial charge in [0.15, 0.2) is 11.5 Å². The third-order valence-electron chi connectivity index (χ3n) is 3.40. The lowest BCUT2D eigenvalue weighted by atomic mass is 10.2. The molecule has 4 nitrogen and oxygen atoms in total. The average Bonchev–Trinajstić information content (AvgIpc) is 2.85. The molecule has 18 heavy (non-hydrogen) atoms. The van der Waals surface area contributed by atoms with Crippen molar-refractivity contribution in [3.8, 4) is 11.5 Å². The summed E-state index contributed by atoms with van der Waals surface area (Å²) in [6.07, 6.45) is 4.27. The number of hydrogen-bond acceptors (Lipinski definition) is 4. The maximum absolute atomic E-state index is 5.42. The van der Waals surface area contributed by atoms with E-state index in [1.54, 1.807) is 20.4 Å². The highest BCUT2D eigenvalue weighted by Crippen LogP contribution is 2.31. The van der Waals surface area contributed by atoms with Crippen LogP contribution in [-0.4, -0.2) is 42.0 Å². The van der Waals surface area contributed by atoms with Gasteiger partial charge in [-0.3, -0.25) is 9.88 Å². The van der Waals surface area contributed by atoms with Crippen molar-refractivity contribution in [2.24, 2.45) is 0 Å². The topological polar surface area (TPSA) is 34.6 Å². The van der Waals surface area contributed by atoms with Gasteiger partial charge in [-0.1, -0.05) is 15.9 Å². The zero-order chi connectivity index (χ0) is 13.0. The Labute approximate surface area is 116 Å². The second-order valence-corrected chi connectivity index (χ2v) is 5.06. The Bertz CT molecular complexity index is 401. The molecule has 1 aromatic rings. The highest BCUT2D eigenvalue weighted by Gasteiger charge is 2.25. The minimum absolute atomic E-state index is 0.600. The quantitative estimate of drug-likeness (QED) is 0.782. The Morgan fingerprint density at radius 1 is 1.44 bits per heavy atom. The van der Waals surface area contributed by atoms with Crippen molar-refractivity contribution in [1.82, 2.24) is 9.88 Å². The SMILES string of the molecule is COc1ccnc(CN2CCCC2CBr)c1OC. The van der Waals surface area contributed by atoms with E-state index in [9.17, 15) is 0 Å². The fraction of sp³-hybridized carbons (Fsp3) is 0.615. The Morgan fingerprint density at radius 2 is 2.28 bits per heavy atom. The predicted octanol–water partition coefficient (Wildman–Crippen LogP) is 2.46. The molecule has 0 aliphatic carbocycles. The number of ether oxygens (including phenoxy) is 2. The maximum atomic E-state index is 5.42. The Hall–Kier alpha value is -0.810. The van der Waals surface area contributed by atoms with Crippen molar-refractivity contribution in [3.63, 3.8) is 0 Å². The number of alkyl halides is 1. The number of nitrogens with zero attached hydrogens (tertiary/aromatic N) is 2. The van der Waals surface area contributed by atoms with Gasteiger partial charge in [0, 0.05) is 30.2 Å². The van der Waals surface area contributed by atoms with E-state index in [1.807, 2.05) is 6.07 Å². The molecule has 2 rings (SSSR count). The summed E-state index contributed by atoms with van der Waals surface area (Å²) in [6.45, 7) is 1.94. The number of halogens is 1. The zero-order valence-corrected chi connectivity index (χ0v) is 12.4. The molecule has 1 aromatic heterocycles. The Morgan fingerprint density at radius 3 is 2.94 bits per heavy atom. The van der Waals surface area contributed by atoms with Crippen LogP contribution in [-0.2, 0) is 6.54 Å². The first-order chi connectivity index (χ1) is 8.80. The molecule has 0 bridgehead atoms. The Balaban J connectivity index is 2.18. The van der Waals surface area contributed by atoms with E-state index < -0.39 is 0 Å². The number of methoxy groups -OCH3 is 2. The first-order valence-electron chi connectivity index (χ1n) is 6.16. The summed E-state index contributed by atoms with van der Waals surface area (Å²) in [7, 11) is 3.31. The largest absolute Gasteiger partial charge is 0.493 e. The van der Waals surface area contributed by atoms with Gasteiger partial charge in [0.05, 0.1) is 14.2 Å². The molecule has 1 saturated heterocycles. The first-order valence-corrected chi connectivity index (χ1v) is 7.28. The van der Waals surface area contributed by atoms with Gasteiger partial charge in [0.1, 0.15) is 5.69 Å². The molecule has 0 saturated carbocycles. The van der Waals surface area contributed by atoms with Crippen LogP contribution in [0, 0.1) is 0 Å². The van der Waals surface area contributed by atoms with E-state index in [4.69, 9.17) is 9.47 Å². The highest BCUT2D eigenvalue weighted by molar-refractivity contribution is 9.09. The number of aromatic nitrogens is 1. The van der Waals surface area contributed by atoms with Gasteiger partial charge in [0.25, 0.3) is 0 Å². The highest BCUT2D eigenvalue weighted by atomic mass is 79.9. The molecule has 0 aromatic carbocycles. The number of hydrogen-bond donors (Lipinski definition) is 0. The van der Waals surface area contributed by atoms with Crippen LogP contribution in [0.2, 0.25) is 0 Å². The van der Waals surface area contributed by atoms with Gasteiger partial charge in [-0.05, 0) is 19.4 Å². The molecule has 1 fully saturated rings. The van der Waals surface area contributed by atoms with E-state index in [-0.39, 0.29) is 0 Å². The van der Waals surface area contributed by atoms with Crippen LogP contribution in [0.4, 0.5) is 0 Å². The lowest BCUT2D eigenvalue weighted by molar-refractivity contribution is 0.254. The van der Waals surface area contributed by atoms with Gasteiger partial charge in [0.2, 0.25) is 0 Å². The first kappa shape index (κ1) is 13.6. The molecular weight excluding hydrogens is 296 g/mol. The predicted molar refractivity (Wildman–Crippen MR) is 74.6 cm³/mol. The summed E-state index contributed by atoms with van der Waals surface area (Å²) in [6, 6.07) is 2.43. The van der Waals surface area contributed by atoms with Crippen molar-refractivity contribution < 1.29 is 9.47 Å². The molecular formula is C13H19BrN2O2. The summed E-state index contributed by atoms with van der Waals surface area (Å²) in [5.74, 6) is 1.50. The standard InChI is InChI=1S/C13H19BrN2O2/c1-17-12-5-6-15-11(13(12)18-2)9-16-7-3-4-10(16)8-14/h5-6,10H,3-4,7-9H2,1-2H3. The molecule has 1 aliphatic heterocycles. The molecule has 1 unspecified atom stereocenters. The minimum Gasteiger partial charge on any atom is -0.493 e. The molecule has 1 atom stereocenters. The Kier molecular flexibility index (Phi) is 4.83. The van der Waals surface area contributed by atoms with Crippen molar-refractivity contribution in [3.05, 3.63) is 18.0 Å². The van der Waals surface area contributed by atoms with E-state index in [0.717, 1.165) is 35.6 Å². The third-order valence-corrected chi connectivity index (χ3v) is 4.14. The second-order valence-electron chi connectivity index (χ2n) is 4.41. The summed E-state index contributed by atoms with van der Waals surface area (Å²) < 4.78 is 10.7. The van der Waals surface area contributed by atoms with Crippen molar-refractivity contribution in [2.45, 2.75) is 25.4 Å². The molecule has 0 spiro atoms. The van der Waals surface area contributed by atoms with Crippen LogP contribution in [0.1, 0.15) is 18.5 Å². The molecule has 0 amide bonds. The smallest absolute Gasteiger partial charge is 0.183 e. The molecule has 2 heterocycles. The van der Waals surface area contributed by atoms with E-state index in [0.29, 0.717) is 6.04 Å². The number of pyridine rings is 1. The number of rotatable bonds is 5. The fourth-order valence-electron chi connectivity index (χ4n) is 2.43. The van der Waals surface area contributed by atoms with Gasteiger partial charge in [-0.25, -0.2) is 0 Å². The number of likely N-dealkylation sites (tertiary alicyclic amines) is 1. The summed E-state index contributed by atoms with van der Waals surface area (Å²) in [5.41, 5.74) is 0.949. The van der Waals surface area contributed by atoms with Crippen LogP contribution >= 0.6 is 15.9 Å². The molecule has 0 radical (unpaired) electrons.